The van der Waals surface area contributed by atoms with E-state index in [1.54, 1.807) is 12.4 Å². The fourth-order valence-corrected chi connectivity index (χ4v) is 3.20. The number of hydrogen-bond acceptors (Lipinski definition) is 6. The first kappa shape index (κ1) is 18.1. The Morgan fingerprint density at radius 2 is 2.12 bits per heavy atom. The lowest BCUT2D eigenvalue weighted by molar-refractivity contribution is 0.340. The fourth-order valence-electron chi connectivity index (χ4n) is 2.17. The minimum absolute atomic E-state index is 0.455. The van der Waals surface area contributed by atoms with E-state index in [-0.39, 0.29) is 0 Å². The van der Waals surface area contributed by atoms with Crippen molar-refractivity contribution in [2.75, 3.05) is 11.9 Å². The Morgan fingerprint density at radius 3 is 2.77 bits per heavy atom. The fraction of sp³-hybridized carbons (Fsp3) is 0.105. The Labute approximate surface area is 164 Å². The number of hydrogen-bond donors (Lipinski definition) is 1. The Kier molecular flexibility index (Phi) is 6.00. The van der Waals surface area contributed by atoms with Crippen LogP contribution in [0, 0.1) is 11.3 Å². The lowest BCUT2D eigenvalue weighted by Gasteiger charge is -2.03. The second kappa shape index (κ2) is 8.61. The number of rotatable bonds is 6. The molecule has 3 aromatic rings. The van der Waals surface area contributed by atoms with Crippen LogP contribution in [0.1, 0.15) is 11.9 Å². The zero-order chi connectivity index (χ0) is 18.4. The van der Waals surface area contributed by atoms with Crippen molar-refractivity contribution in [3.63, 3.8) is 0 Å². The van der Waals surface area contributed by atoms with E-state index in [0.717, 1.165) is 21.5 Å². The van der Waals surface area contributed by atoms with E-state index >= 15 is 0 Å². The zero-order valence-electron chi connectivity index (χ0n) is 13.9. The number of anilines is 1. The molecule has 0 bridgehead atoms. The van der Waals surface area contributed by atoms with Crippen molar-refractivity contribution in [2.45, 2.75) is 6.92 Å². The number of allylic oxidation sites excluding steroid dienone is 1. The molecule has 1 aromatic carbocycles. The third-order valence-corrected chi connectivity index (χ3v) is 4.75. The van der Waals surface area contributed by atoms with Gasteiger partial charge in [0.1, 0.15) is 28.2 Å². The number of halogens is 1. The summed E-state index contributed by atoms with van der Waals surface area (Å²) in [5.74, 6) is 1.49. The van der Waals surface area contributed by atoms with Gasteiger partial charge in [0.15, 0.2) is 0 Å². The number of ether oxygens (including phenoxy) is 1. The smallest absolute Gasteiger partial charge is 0.136 e. The molecule has 0 spiro atoms. The molecule has 7 heteroatoms. The minimum atomic E-state index is 0.455. The lowest BCUT2D eigenvalue weighted by Crippen LogP contribution is -1.93. The molecule has 130 valence electrons. The molecule has 0 radical (unpaired) electrons. The number of nitrogens with zero attached hydrogens (tertiary/aromatic N) is 3. The normalized spacial score (nSPS) is 11.0. The van der Waals surface area contributed by atoms with Gasteiger partial charge in [0.05, 0.1) is 12.3 Å². The maximum absolute atomic E-state index is 9.44. The van der Waals surface area contributed by atoms with Crippen LogP contribution in [-0.4, -0.2) is 16.6 Å². The van der Waals surface area contributed by atoms with Gasteiger partial charge in [0.2, 0.25) is 0 Å². The van der Waals surface area contributed by atoms with E-state index < -0.39 is 0 Å². The standard InChI is InChI=1S/C19H15BrN4OS/c1-2-25-16-6-3-13(4-7-16)17-12-26-19(24-17)14(9-21)10-22-18-8-5-15(20)11-23-18/h3-8,10-12H,2H2,1H3,(H,22,23). The maximum Gasteiger partial charge on any atom is 0.136 e. The van der Waals surface area contributed by atoms with Gasteiger partial charge < -0.3 is 10.1 Å². The predicted octanol–water partition coefficient (Wildman–Crippen LogP) is 5.34. The summed E-state index contributed by atoms with van der Waals surface area (Å²) in [6, 6.07) is 13.6. The summed E-state index contributed by atoms with van der Waals surface area (Å²) in [4.78, 5) is 8.79. The number of nitriles is 1. The molecule has 0 atom stereocenters. The van der Waals surface area contributed by atoms with E-state index in [0.29, 0.717) is 23.0 Å². The Bertz CT molecular complexity index is 943. The van der Waals surface area contributed by atoms with Gasteiger partial charge in [-0.1, -0.05) is 0 Å². The van der Waals surface area contributed by atoms with Crippen LogP contribution in [0.15, 0.2) is 58.6 Å². The molecule has 0 amide bonds. The van der Waals surface area contributed by atoms with Gasteiger partial charge in [0.25, 0.3) is 0 Å². The van der Waals surface area contributed by atoms with Crippen LogP contribution in [0.4, 0.5) is 5.82 Å². The summed E-state index contributed by atoms with van der Waals surface area (Å²) < 4.78 is 6.35. The molecule has 2 aromatic heterocycles. The summed E-state index contributed by atoms with van der Waals surface area (Å²) in [5.41, 5.74) is 2.27. The molecule has 3 rings (SSSR count). The average molecular weight is 427 g/mol. The number of benzene rings is 1. The van der Waals surface area contributed by atoms with Gasteiger partial charge in [-0.15, -0.1) is 11.3 Å². The third kappa shape index (κ3) is 4.48. The topological polar surface area (TPSA) is 70.8 Å². The van der Waals surface area contributed by atoms with Gasteiger partial charge in [0, 0.05) is 27.8 Å². The van der Waals surface area contributed by atoms with Crippen LogP contribution in [0.5, 0.6) is 5.75 Å². The molecule has 0 unspecified atom stereocenters. The van der Waals surface area contributed by atoms with Crippen LogP contribution in [-0.2, 0) is 0 Å². The van der Waals surface area contributed by atoms with Crippen LogP contribution in [0.2, 0.25) is 0 Å². The molecule has 0 fully saturated rings. The summed E-state index contributed by atoms with van der Waals surface area (Å²) in [6.07, 6.45) is 3.31. The molecule has 5 nitrogen and oxygen atoms in total. The number of pyridine rings is 1. The van der Waals surface area contributed by atoms with Gasteiger partial charge >= 0.3 is 0 Å². The van der Waals surface area contributed by atoms with E-state index in [4.69, 9.17) is 4.74 Å². The highest BCUT2D eigenvalue weighted by Gasteiger charge is 2.09. The average Bonchev–Trinajstić information content (AvgIpc) is 3.15. The molecule has 0 saturated heterocycles. The Balaban J connectivity index is 1.77. The van der Waals surface area contributed by atoms with Crippen molar-refractivity contribution >= 4 is 38.7 Å². The Hall–Kier alpha value is -2.69. The summed E-state index contributed by atoms with van der Waals surface area (Å²) >= 11 is 4.77. The molecular formula is C19H15BrN4OS. The highest BCUT2D eigenvalue weighted by atomic mass is 79.9. The van der Waals surface area contributed by atoms with E-state index in [2.05, 4.69) is 37.3 Å². The molecule has 0 aliphatic heterocycles. The van der Waals surface area contributed by atoms with Crippen molar-refractivity contribution in [1.82, 2.24) is 9.97 Å². The third-order valence-electron chi connectivity index (χ3n) is 3.41. The van der Waals surface area contributed by atoms with Crippen LogP contribution < -0.4 is 10.1 Å². The summed E-state index contributed by atoms with van der Waals surface area (Å²) in [5, 5.41) is 15.1. The molecule has 2 heterocycles. The SMILES string of the molecule is CCOc1ccc(-c2csc(C(C#N)=CNc3ccc(Br)cn3)n2)cc1. The highest BCUT2D eigenvalue weighted by molar-refractivity contribution is 9.10. The molecule has 1 N–H and O–H groups in total. The van der Waals surface area contributed by atoms with Crippen molar-refractivity contribution in [2.24, 2.45) is 0 Å². The van der Waals surface area contributed by atoms with Gasteiger partial charge in [-0.25, -0.2) is 9.97 Å². The largest absolute Gasteiger partial charge is 0.494 e. The van der Waals surface area contributed by atoms with Crippen molar-refractivity contribution < 1.29 is 4.74 Å². The molecule has 0 aliphatic rings. The quantitative estimate of drug-likeness (QED) is 0.538. The second-order valence-corrected chi connectivity index (χ2v) is 6.94. The maximum atomic E-state index is 9.44. The Morgan fingerprint density at radius 1 is 1.31 bits per heavy atom. The molecule has 0 saturated carbocycles. The molecule has 0 aliphatic carbocycles. The predicted molar refractivity (Wildman–Crippen MR) is 108 cm³/mol. The monoisotopic (exact) mass is 426 g/mol. The van der Waals surface area contributed by atoms with E-state index in [9.17, 15) is 5.26 Å². The molecular weight excluding hydrogens is 412 g/mol. The van der Waals surface area contributed by atoms with Crippen molar-refractivity contribution in [3.8, 4) is 23.1 Å². The van der Waals surface area contributed by atoms with Gasteiger partial charge in [-0.2, -0.15) is 5.26 Å². The van der Waals surface area contributed by atoms with Gasteiger partial charge in [-0.05, 0) is 59.3 Å². The first-order valence-corrected chi connectivity index (χ1v) is 9.54. The summed E-state index contributed by atoms with van der Waals surface area (Å²) in [7, 11) is 0. The van der Waals surface area contributed by atoms with Crippen molar-refractivity contribution in [1.29, 1.82) is 5.26 Å². The first-order valence-electron chi connectivity index (χ1n) is 7.87. The van der Waals surface area contributed by atoms with E-state index in [1.165, 1.54) is 11.3 Å². The molecule has 26 heavy (non-hydrogen) atoms. The van der Waals surface area contributed by atoms with Gasteiger partial charge in [-0.3, -0.25) is 0 Å². The van der Waals surface area contributed by atoms with Crippen LogP contribution in [0.25, 0.3) is 16.8 Å². The minimum Gasteiger partial charge on any atom is -0.494 e. The second-order valence-electron chi connectivity index (χ2n) is 5.17. The van der Waals surface area contributed by atoms with Crippen LogP contribution in [0.3, 0.4) is 0 Å². The van der Waals surface area contributed by atoms with Crippen LogP contribution >= 0.6 is 27.3 Å². The summed E-state index contributed by atoms with van der Waals surface area (Å²) in [6.45, 7) is 2.59. The van der Waals surface area contributed by atoms with Crippen molar-refractivity contribution in [3.05, 3.63) is 63.7 Å². The number of thiazole rings is 1. The lowest BCUT2D eigenvalue weighted by atomic mass is 10.2. The highest BCUT2D eigenvalue weighted by Crippen LogP contribution is 2.27. The number of nitrogens with one attached hydrogen (secondary N) is 1. The zero-order valence-corrected chi connectivity index (χ0v) is 16.3. The number of aromatic nitrogens is 2. The first-order chi connectivity index (χ1) is 12.7. The van der Waals surface area contributed by atoms with E-state index in [1.807, 2.05) is 48.7 Å².